The number of hydrogen-bond acceptors (Lipinski definition) is 5. The molecule has 0 unspecified atom stereocenters. The minimum Gasteiger partial charge on any atom is -0.383 e. The summed E-state index contributed by atoms with van der Waals surface area (Å²) in [6, 6.07) is 1.85. The van der Waals surface area contributed by atoms with Crippen LogP contribution in [0.3, 0.4) is 0 Å². The van der Waals surface area contributed by atoms with Crippen LogP contribution < -0.4 is 22.3 Å². The number of aromatic amines is 1. The lowest BCUT2D eigenvalue weighted by Gasteiger charge is -2.10. The first-order valence-corrected chi connectivity index (χ1v) is 5.89. The van der Waals surface area contributed by atoms with E-state index in [9.17, 15) is 9.59 Å². The summed E-state index contributed by atoms with van der Waals surface area (Å²) in [6.07, 6.45) is 4.36. The van der Waals surface area contributed by atoms with Gasteiger partial charge in [-0.1, -0.05) is 0 Å². The monoisotopic (exact) mass is 264 g/mol. The van der Waals surface area contributed by atoms with E-state index in [1.54, 1.807) is 10.9 Å². The molecular weight excluding hydrogens is 248 g/mol. The number of nitrogens with zero attached hydrogens (tertiary/aromatic N) is 3. The zero-order valence-corrected chi connectivity index (χ0v) is 10.6. The standard InChI is InChI=1S/C11H16N6O2/c1-16-9(12)8(10(18)15-11(16)19)13-4-2-6-17-7-3-5-14-17/h3,5,7,13H,2,4,6,12H2,1H3,(H,15,18,19). The first kappa shape index (κ1) is 12.9. The van der Waals surface area contributed by atoms with Crippen molar-refractivity contribution in [2.45, 2.75) is 13.0 Å². The van der Waals surface area contributed by atoms with Crippen molar-refractivity contribution in [3.8, 4) is 0 Å². The van der Waals surface area contributed by atoms with Crippen molar-refractivity contribution < 1.29 is 0 Å². The van der Waals surface area contributed by atoms with Crippen LogP contribution in [0.5, 0.6) is 0 Å². The normalized spacial score (nSPS) is 10.6. The van der Waals surface area contributed by atoms with E-state index in [-0.39, 0.29) is 11.5 Å². The number of anilines is 2. The third-order valence-electron chi connectivity index (χ3n) is 2.79. The molecule has 0 aliphatic rings. The lowest BCUT2D eigenvalue weighted by Crippen LogP contribution is -2.32. The molecule has 0 saturated carbocycles. The Morgan fingerprint density at radius 1 is 1.47 bits per heavy atom. The fraction of sp³-hybridized carbons (Fsp3) is 0.364. The van der Waals surface area contributed by atoms with E-state index in [1.807, 2.05) is 12.3 Å². The van der Waals surface area contributed by atoms with Gasteiger partial charge in [0, 0.05) is 32.5 Å². The van der Waals surface area contributed by atoms with Gasteiger partial charge in [-0.2, -0.15) is 5.10 Å². The van der Waals surface area contributed by atoms with Gasteiger partial charge in [0.2, 0.25) is 0 Å². The van der Waals surface area contributed by atoms with Gasteiger partial charge in [0.25, 0.3) is 5.56 Å². The van der Waals surface area contributed by atoms with Gasteiger partial charge >= 0.3 is 5.69 Å². The average molecular weight is 264 g/mol. The van der Waals surface area contributed by atoms with E-state index < -0.39 is 11.2 Å². The highest BCUT2D eigenvalue weighted by molar-refractivity contribution is 5.60. The number of nitrogen functional groups attached to an aromatic ring is 1. The van der Waals surface area contributed by atoms with Crippen molar-refractivity contribution in [1.82, 2.24) is 19.3 Å². The van der Waals surface area contributed by atoms with E-state index in [0.29, 0.717) is 6.54 Å². The van der Waals surface area contributed by atoms with E-state index in [0.717, 1.165) is 13.0 Å². The molecule has 102 valence electrons. The van der Waals surface area contributed by atoms with Crippen LogP contribution in [0.1, 0.15) is 6.42 Å². The molecule has 8 nitrogen and oxygen atoms in total. The van der Waals surface area contributed by atoms with Crippen LogP contribution in [0.25, 0.3) is 0 Å². The Hall–Kier alpha value is -2.51. The summed E-state index contributed by atoms with van der Waals surface area (Å²) in [5.41, 5.74) is 4.92. The van der Waals surface area contributed by atoms with Crippen LogP contribution >= 0.6 is 0 Å². The highest BCUT2D eigenvalue weighted by Crippen LogP contribution is 2.08. The highest BCUT2D eigenvalue weighted by atomic mass is 16.2. The van der Waals surface area contributed by atoms with E-state index >= 15 is 0 Å². The number of aryl methyl sites for hydroxylation is 1. The summed E-state index contributed by atoms with van der Waals surface area (Å²) < 4.78 is 2.99. The SMILES string of the molecule is Cn1c(N)c(NCCCn2cccn2)c(=O)[nH]c1=O. The Morgan fingerprint density at radius 3 is 2.95 bits per heavy atom. The summed E-state index contributed by atoms with van der Waals surface area (Å²) in [6.45, 7) is 1.30. The van der Waals surface area contributed by atoms with Gasteiger partial charge in [0.1, 0.15) is 11.5 Å². The van der Waals surface area contributed by atoms with Crippen molar-refractivity contribution in [3.63, 3.8) is 0 Å². The molecule has 2 aromatic rings. The summed E-state index contributed by atoms with van der Waals surface area (Å²) in [5.74, 6) is 0.132. The van der Waals surface area contributed by atoms with Gasteiger partial charge in [-0.25, -0.2) is 4.79 Å². The molecule has 0 aromatic carbocycles. The van der Waals surface area contributed by atoms with Gasteiger partial charge in [-0.05, 0) is 12.5 Å². The molecule has 0 radical (unpaired) electrons. The van der Waals surface area contributed by atoms with Crippen molar-refractivity contribution in [3.05, 3.63) is 39.3 Å². The lowest BCUT2D eigenvalue weighted by molar-refractivity contribution is 0.591. The number of hydrogen-bond donors (Lipinski definition) is 3. The summed E-state index contributed by atoms with van der Waals surface area (Å²) in [5, 5.41) is 7.01. The van der Waals surface area contributed by atoms with Gasteiger partial charge in [0.15, 0.2) is 0 Å². The molecule has 19 heavy (non-hydrogen) atoms. The number of rotatable bonds is 5. The first-order valence-electron chi connectivity index (χ1n) is 5.89. The minimum atomic E-state index is -0.524. The minimum absolute atomic E-state index is 0.132. The maximum absolute atomic E-state index is 11.6. The van der Waals surface area contributed by atoms with Crippen molar-refractivity contribution in [2.24, 2.45) is 7.05 Å². The fourth-order valence-electron chi connectivity index (χ4n) is 1.69. The molecule has 2 rings (SSSR count). The van der Waals surface area contributed by atoms with E-state index in [2.05, 4.69) is 15.4 Å². The summed E-state index contributed by atoms with van der Waals surface area (Å²) >= 11 is 0. The van der Waals surface area contributed by atoms with Crippen molar-refractivity contribution in [1.29, 1.82) is 0 Å². The Labute approximate surface area is 108 Å². The lowest BCUT2D eigenvalue weighted by atomic mass is 10.4. The van der Waals surface area contributed by atoms with Crippen LogP contribution in [0.4, 0.5) is 11.5 Å². The van der Waals surface area contributed by atoms with Crippen LogP contribution in [0.15, 0.2) is 28.0 Å². The number of nitrogens with two attached hydrogens (primary N) is 1. The van der Waals surface area contributed by atoms with E-state index in [4.69, 9.17) is 5.73 Å². The fourth-order valence-corrected chi connectivity index (χ4v) is 1.69. The highest BCUT2D eigenvalue weighted by Gasteiger charge is 2.08. The van der Waals surface area contributed by atoms with Gasteiger partial charge in [-0.15, -0.1) is 0 Å². The van der Waals surface area contributed by atoms with Gasteiger partial charge in [0.05, 0.1) is 0 Å². The molecule has 0 fully saturated rings. The Bertz CT molecular complexity index is 655. The second-order valence-electron chi connectivity index (χ2n) is 4.13. The Balaban J connectivity index is 1.98. The van der Waals surface area contributed by atoms with Crippen LogP contribution in [-0.4, -0.2) is 25.9 Å². The molecule has 2 heterocycles. The van der Waals surface area contributed by atoms with Crippen LogP contribution in [0, 0.1) is 0 Å². The molecule has 4 N–H and O–H groups in total. The number of nitrogens with one attached hydrogen (secondary N) is 2. The summed E-state index contributed by atoms with van der Waals surface area (Å²) in [7, 11) is 1.50. The predicted molar refractivity (Wildman–Crippen MR) is 72.0 cm³/mol. The molecule has 0 amide bonds. The number of aromatic nitrogens is 4. The van der Waals surface area contributed by atoms with Gasteiger partial charge < -0.3 is 11.1 Å². The smallest absolute Gasteiger partial charge is 0.329 e. The Morgan fingerprint density at radius 2 is 2.26 bits per heavy atom. The Kier molecular flexibility index (Phi) is 3.69. The maximum atomic E-state index is 11.6. The quantitative estimate of drug-likeness (QED) is 0.622. The van der Waals surface area contributed by atoms with Crippen molar-refractivity contribution in [2.75, 3.05) is 17.6 Å². The summed E-state index contributed by atoms with van der Waals surface area (Å²) in [4.78, 5) is 25.1. The molecule has 0 aliphatic heterocycles. The maximum Gasteiger partial charge on any atom is 0.329 e. The van der Waals surface area contributed by atoms with Crippen molar-refractivity contribution >= 4 is 11.5 Å². The molecule has 0 aliphatic carbocycles. The molecule has 0 spiro atoms. The molecule has 0 atom stereocenters. The van der Waals surface area contributed by atoms with Crippen LogP contribution in [0.2, 0.25) is 0 Å². The number of H-pyrrole nitrogens is 1. The second-order valence-corrected chi connectivity index (χ2v) is 4.13. The largest absolute Gasteiger partial charge is 0.383 e. The predicted octanol–water partition coefficient (Wildman–Crippen LogP) is -0.646. The zero-order valence-electron chi connectivity index (χ0n) is 10.6. The molecule has 2 aromatic heterocycles. The third kappa shape index (κ3) is 2.84. The zero-order chi connectivity index (χ0) is 13.8. The molecule has 0 saturated heterocycles. The van der Waals surface area contributed by atoms with Crippen LogP contribution in [-0.2, 0) is 13.6 Å². The molecular formula is C11H16N6O2. The van der Waals surface area contributed by atoms with E-state index in [1.165, 1.54) is 11.6 Å². The van der Waals surface area contributed by atoms with Gasteiger partial charge in [-0.3, -0.25) is 19.0 Å². The molecule has 0 bridgehead atoms. The second kappa shape index (κ2) is 5.42. The topological polar surface area (TPSA) is 111 Å². The third-order valence-corrected chi connectivity index (χ3v) is 2.79. The average Bonchev–Trinajstić information content (AvgIpc) is 2.88. The molecule has 8 heteroatoms. The first-order chi connectivity index (χ1) is 9.09.